The summed E-state index contributed by atoms with van der Waals surface area (Å²) in [5.74, 6) is 0.0264. The van der Waals surface area contributed by atoms with Crippen LogP contribution in [0, 0.1) is 50.2 Å². The minimum atomic E-state index is -1.91. The lowest BCUT2D eigenvalue weighted by molar-refractivity contribution is -0.389. The van der Waals surface area contributed by atoms with E-state index in [1.54, 1.807) is 0 Å². The molecule has 0 radical (unpaired) electrons. The quantitative estimate of drug-likeness (QED) is 0.0918. The van der Waals surface area contributed by atoms with Crippen molar-refractivity contribution in [1.29, 1.82) is 0 Å². The van der Waals surface area contributed by atoms with Crippen molar-refractivity contribution in [2.24, 2.45) is 50.2 Å². The van der Waals surface area contributed by atoms with Gasteiger partial charge in [0.05, 0.1) is 43.7 Å². The van der Waals surface area contributed by atoms with Crippen molar-refractivity contribution in [3.8, 4) is 0 Å². The molecule has 22 heteroatoms. The maximum Gasteiger partial charge on any atom is 0.302 e. The molecule has 22 nitrogen and oxygen atoms in total. The van der Waals surface area contributed by atoms with E-state index in [2.05, 4.69) is 41.5 Å². The van der Waals surface area contributed by atoms with Crippen molar-refractivity contribution >= 4 is 5.97 Å². The molecule has 11 N–H and O–H groups in total. The number of hydrogen-bond acceptors (Lipinski definition) is 22. The zero-order valence-corrected chi connectivity index (χ0v) is 45.3. The summed E-state index contributed by atoms with van der Waals surface area (Å²) in [5.41, 5.74) is -1.78. The highest BCUT2D eigenvalue weighted by Crippen LogP contribution is 2.80. The summed E-state index contributed by atoms with van der Waals surface area (Å²) in [4.78, 5) is 11.8. The third kappa shape index (κ3) is 8.91. The average molecular weight is 1090 g/mol. The molecule has 5 saturated carbocycles. The Morgan fingerprint density at radius 2 is 1.25 bits per heavy atom. The van der Waals surface area contributed by atoms with E-state index in [9.17, 15) is 61.0 Å². The monoisotopic (exact) mass is 1090 g/mol. The predicted octanol–water partition coefficient (Wildman–Crippen LogP) is -0.502. The van der Waals surface area contributed by atoms with E-state index in [1.807, 2.05) is 0 Å². The number of esters is 1. The molecule has 10 fully saturated rings. The fraction of sp³-hybridized carbons (Fsp3) is 0.981. The van der Waals surface area contributed by atoms with Crippen LogP contribution in [0.25, 0.3) is 0 Å². The van der Waals surface area contributed by atoms with Crippen LogP contribution in [-0.2, 0) is 52.2 Å². The van der Waals surface area contributed by atoms with Crippen LogP contribution in [0.5, 0.6) is 0 Å². The van der Waals surface area contributed by atoms with Gasteiger partial charge in [-0.2, -0.15) is 0 Å². The van der Waals surface area contributed by atoms with Crippen LogP contribution in [-0.4, -0.2) is 224 Å². The molecule has 1 unspecified atom stereocenters. The van der Waals surface area contributed by atoms with Gasteiger partial charge in [0.2, 0.25) is 0 Å². The van der Waals surface area contributed by atoms with Gasteiger partial charge in [-0.15, -0.1) is 0 Å². The Kier molecular flexibility index (Phi) is 15.6. The molecule has 5 aliphatic heterocycles. The zero-order valence-electron chi connectivity index (χ0n) is 45.3. The molecule has 5 saturated heterocycles. The van der Waals surface area contributed by atoms with Crippen LogP contribution < -0.4 is 0 Å². The molecule has 2 bridgehead atoms. The molecule has 436 valence electrons. The Bertz CT molecular complexity index is 2090. The van der Waals surface area contributed by atoms with E-state index in [4.69, 9.17) is 47.4 Å². The van der Waals surface area contributed by atoms with Crippen molar-refractivity contribution < 1.29 is 108 Å². The smallest absolute Gasteiger partial charge is 0.302 e. The van der Waals surface area contributed by atoms with Gasteiger partial charge in [-0.05, 0) is 111 Å². The van der Waals surface area contributed by atoms with Crippen LogP contribution in [0.1, 0.15) is 120 Å². The lowest BCUT2D eigenvalue weighted by Gasteiger charge is -2.75. The fourth-order valence-electron chi connectivity index (χ4n) is 17.6. The Labute approximate surface area is 444 Å². The molecule has 29 atom stereocenters. The first-order chi connectivity index (χ1) is 35.6. The Hall–Kier alpha value is -1.33. The molecule has 10 aliphatic rings. The van der Waals surface area contributed by atoms with Crippen LogP contribution in [0.4, 0.5) is 0 Å². The molecule has 0 aromatic rings. The van der Waals surface area contributed by atoms with Crippen molar-refractivity contribution in [1.82, 2.24) is 0 Å². The van der Waals surface area contributed by atoms with Crippen molar-refractivity contribution in [2.45, 2.75) is 248 Å². The van der Waals surface area contributed by atoms with Gasteiger partial charge >= 0.3 is 5.97 Å². The summed E-state index contributed by atoms with van der Waals surface area (Å²) < 4.78 is 60.3. The van der Waals surface area contributed by atoms with Gasteiger partial charge in [0.15, 0.2) is 25.2 Å². The molecule has 1 spiro atoms. The van der Waals surface area contributed by atoms with Gasteiger partial charge in [-0.25, -0.2) is 0 Å². The first kappa shape index (κ1) is 57.9. The standard InChI is InChI=1S/C54H88O22/c1-24-42(75-45-39(64)34(59)26(57)19-68-45)38(63)41(66)46(71-24)76-43-37(62)35(60)27(20-67-25(2)56)72-47(43)73-28-21-69-44(40(65)36(28)61)74-33-11-12-50(6)29(48(33,3)4)9-13-51(7)30(50)10-14-54-31-17-49(5,22-55)15-16-53(31,23-70-54)32(58)18-52(51,54)8/h24,26-47,55,57-66H,9-23H2,1-8H3/t24-,26+,27+,28-,29-,30+,31?,32+,33-,34-,35+,36-,37-,38-,39+,40+,41-,42-,43+,44-,45-,46+,47-,49-,50-,51+,52-,53+,54-/m0/s1. The number of carbonyl (C=O) groups excluding carboxylic acids is 1. The van der Waals surface area contributed by atoms with Gasteiger partial charge in [-0.1, -0.05) is 41.5 Å². The minimum absolute atomic E-state index is 0.0899. The third-order valence-corrected chi connectivity index (χ3v) is 22.3. The molecule has 5 heterocycles. The lowest BCUT2D eigenvalue weighted by Crippen LogP contribution is -2.74. The second-order valence-corrected chi connectivity index (χ2v) is 26.6. The highest BCUT2D eigenvalue weighted by atomic mass is 16.8. The largest absolute Gasteiger partial charge is 0.463 e. The Morgan fingerprint density at radius 3 is 1.96 bits per heavy atom. The Morgan fingerprint density at radius 1 is 0.605 bits per heavy atom. The summed E-state index contributed by atoms with van der Waals surface area (Å²) in [5, 5.41) is 122. The van der Waals surface area contributed by atoms with Crippen molar-refractivity contribution in [3.05, 3.63) is 0 Å². The molecule has 76 heavy (non-hydrogen) atoms. The zero-order chi connectivity index (χ0) is 55.0. The highest BCUT2D eigenvalue weighted by Gasteiger charge is 2.80. The molecular weight excluding hydrogens is 1000 g/mol. The summed E-state index contributed by atoms with van der Waals surface area (Å²) in [6.07, 6.45) is -20.8. The van der Waals surface area contributed by atoms with Crippen LogP contribution in [0.15, 0.2) is 0 Å². The highest BCUT2D eigenvalue weighted by molar-refractivity contribution is 5.65. The van der Waals surface area contributed by atoms with Crippen LogP contribution in [0.3, 0.4) is 0 Å². The number of aliphatic hydroxyl groups excluding tert-OH is 11. The second kappa shape index (κ2) is 20.5. The van der Waals surface area contributed by atoms with E-state index in [1.165, 1.54) is 6.92 Å². The maximum atomic E-state index is 12.3. The lowest BCUT2D eigenvalue weighted by atomic mass is 9.30. The van der Waals surface area contributed by atoms with Crippen molar-refractivity contribution in [3.63, 3.8) is 0 Å². The average Bonchev–Trinajstić information content (AvgIpc) is 3.65. The van der Waals surface area contributed by atoms with Gasteiger partial charge in [0.25, 0.3) is 0 Å². The van der Waals surface area contributed by atoms with Gasteiger partial charge in [-0.3, -0.25) is 4.79 Å². The summed E-state index contributed by atoms with van der Waals surface area (Å²) in [6, 6.07) is 0. The first-order valence-corrected chi connectivity index (χ1v) is 28.0. The summed E-state index contributed by atoms with van der Waals surface area (Å²) in [6.45, 7) is 16.0. The number of rotatable bonds is 11. The van der Waals surface area contributed by atoms with Gasteiger partial charge in [0, 0.05) is 24.4 Å². The molecular formula is C54H88O22. The number of carbonyl (C=O) groups is 1. The van der Waals surface area contributed by atoms with Gasteiger partial charge < -0.3 is 104 Å². The molecule has 10 rings (SSSR count). The number of fused-ring (bicyclic) bond motifs is 4. The van der Waals surface area contributed by atoms with Gasteiger partial charge in [0.1, 0.15) is 86.0 Å². The maximum absolute atomic E-state index is 12.3. The number of aliphatic hydroxyl groups is 11. The first-order valence-electron chi connectivity index (χ1n) is 28.0. The van der Waals surface area contributed by atoms with E-state index < -0.39 is 135 Å². The van der Waals surface area contributed by atoms with E-state index in [0.717, 1.165) is 58.3 Å². The Balaban J connectivity index is 0.806. The third-order valence-electron chi connectivity index (χ3n) is 22.3. The van der Waals surface area contributed by atoms with Crippen molar-refractivity contribution in [2.75, 3.05) is 33.0 Å². The molecule has 5 aliphatic carbocycles. The molecule has 0 aromatic heterocycles. The number of ether oxygens (including phenoxy) is 10. The van der Waals surface area contributed by atoms with E-state index >= 15 is 0 Å². The van der Waals surface area contributed by atoms with Crippen LogP contribution >= 0.6 is 0 Å². The van der Waals surface area contributed by atoms with Crippen LogP contribution in [0.2, 0.25) is 0 Å². The second-order valence-electron chi connectivity index (χ2n) is 26.6. The van der Waals surface area contributed by atoms with E-state index in [-0.39, 0.29) is 70.4 Å². The molecule has 0 aromatic carbocycles. The normalized spacial score (nSPS) is 56.9. The predicted molar refractivity (Wildman–Crippen MR) is 260 cm³/mol. The SMILES string of the molecule is CC(=O)OC[C@H]1O[C@@H](O[C@H]2CO[C@@H](O[C@H]3CC[C@]4(C)[C@H]5CC[C@]67OC[C@@]8(CC[C@](C)(CO)CC86)[C@H](O)C[C@@]7(C)[C@]5(C)CC[C@H]4C3(C)C)[C@H](O)[C@H]2O)[C@H](O[C@H]2O[C@@H](C)[C@H](O[C@@H]3OC[C@@H](O)[C@H](O)[C@H]3O)[C@@H](O)[C@@H]2O)[C@@H](O)[C@@H]1O. The molecule has 0 amide bonds. The summed E-state index contributed by atoms with van der Waals surface area (Å²) >= 11 is 0. The topological polar surface area (TPSA) is 332 Å². The van der Waals surface area contributed by atoms with E-state index in [0.29, 0.717) is 25.4 Å². The number of hydrogen-bond donors (Lipinski definition) is 11. The summed E-state index contributed by atoms with van der Waals surface area (Å²) in [7, 11) is 0. The fourth-order valence-corrected chi connectivity index (χ4v) is 17.6. The minimum Gasteiger partial charge on any atom is -0.463 e.